The molecule has 0 radical (unpaired) electrons. The third-order valence-corrected chi connectivity index (χ3v) is 8.26. The maximum Gasteiger partial charge on any atom is 0.255 e. The number of nitrogens with one attached hydrogen (secondary N) is 1. The van der Waals surface area contributed by atoms with Gasteiger partial charge in [0.15, 0.2) is 0 Å². The molecule has 40 heavy (non-hydrogen) atoms. The van der Waals surface area contributed by atoms with Gasteiger partial charge in [0.05, 0.1) is 6.54 Å². The lowest BCUT2D eigenvalue weighted by Crippen LogP contribution is -2.52. The number of rotatable bonds is 7. The maximum atomic E-state index is 13.3. The highest BCUT2D eigenvalue weighted by atomic mass is 19.1. The molecule has 1 unspecified atom stereocenters. The molecule has 2 fully saturated rings. The molecule has 3 aromatic rings. The van der Waals surface area contributed by atoms with Gasteiger partial charge >= 0.3 is 0 Å². The Bertz CT molecular complexity index is 1430. The molecule has 1 N–H and O–H groups in total. The number of piperidine rings is 2. The highest BCUT2D eigenvalue weighted by molar-refractivity contribution is 6.05. The molecule has 0 saturated carbocycles. The first-order chi connectivity index (χ1) is 19.4. The van der Waals surface area contributed by atoms with Crippen LogP contribution in [0.1, 0.15) is 64.2 Å². The Kier molecular flexibility index (Phi) is 7.34. The van der Waals surface area contributed by atoms with Crippen molar-refractivity contribution < 1.29 is 23.5 Å². The Morgan fingerprint density at radius 1 is 0.900 bits per heavy atom. The number of carbonyl (C=O) groups excluding carboxylic acids is 3. The van der Waals surface area contributed by atoms with Crippen molar-refractivity contribution in [2.24, 2.45) is 0 Å². The van der Waals surface area contributed by atoms with Crippen LogP contribution >= 0.6 is 0 Å². The number of hydrogen-bond acceptors (Lipinski definition) is 5. The number of fused-ring (bicyclic) bond motifs is 1. The van der Waals surface area contributed by atoms with Gasteiger partial charge in [0, 0.05) is 24.1 Å². The smallest absolute Gasteiger partial charge is 0.255 e. The van der Waals surface area contributed by atoms with Gasteiger partial charge in [0.1, 0.15) is 24.2 Å². The normalized spacial score (nSPS) is 20.0. The number of benzene rings is 3. The summed E-state index contributed by atoms with van der Waals surface area (Å²) in [6, 6.07) is 20.0. The van der Waals surface area contributed by atoms with Crippen molar-refractivity contribution in [1.82, 2.24) is 15.1 Å². The summed E-state index contributed by atoms with van der Waals surface area (Å²) < 4.78 is 19.5. The average molecular weight is 542 g/mol. The van der Waals surface area contributed by atoms with Crippen molar-refractivity contribution >= 4 is 17.7 Å². The fourth-order valence-electron chi connectivity index (χ4n) is 6.09. The van der Waals surface area contributed by atoms with E-state index < -0.39 is 11.9 Å². The van der Waals surface area contributed by atoms with E-state index in [9.17, 15) is 18.8 Å². The van der Waals surface area contributed by atoms with Gasteiger partial charge in [-0.25, -0.2) is 4.39 Å². The number of halogens is 1. The van der Waals surface area contributed by atoms with Gasteiger partial charge in [0.25, 0.3) is 5.91 Å². The zero-order chi connectivity index (χ0) is 27.6. The molecule has 0 spiro atoms. The van der Waals surface area contributed by atoms with E-state index in [2.05, 4.69) is 22.3 Å². The minimum absolute atomic E-state index is 0.190. The molecular formula is C32H32FN3O4. The van der Waals surface area contributed by atoms with Crippen LogP contribution in [-0.4, -0.2) is 46.7 Å². The van der Waals surface area contributed by atoms with Crippen LogP contribution in [0.2, 0.25) is 0 Å². The summed E-state index contributed by atoms with van der Waals surface area (Å²) in [5, 5.41) is 2.34. The van der Waals surface area contributed by atoms with Crippen LogP contribution in [0.3, 0.4) is 0 Å². The number of carbonyl (C=O) groups is 3. The fourth-order valence-corrected chi connectivity index (χ4v) is 6.09. The Balaban J connectivity index is 1.06. The molecule has 3 heterocycles. The predicted molar refractivity (Wildman–Crippen MR) is 147 cm³/mol. The summed E-state index contributed by atoms with van der Waals surface area (Å²) in [4.78, 5) is 41.0. The van der Waals surface area contributed by atoms with Crippen molar-refractivity contribution in [1.29, 1.82) is 0 Å². The predicted octanol–water partition coefficient (Wildman–Crippen LogP) is 4.55. The molecule has 3 aromatic carbocycles. The van der Waals surface area contributed by atoms with Crippen LogP contribution in [0, 0.1) is 5.82 Å². The Labute approximate surface area is 232 Å². The first-order valence-corrected chi connectivity index (χ1v) is 13.9. The van der Waals surface area contributed by atoms with E-state index in [1.165, 1.54) is 11.1 Å². The van der Waals surface area contributed by atoms with E-state index in [-0.39, 0.29) is 30.6 Å². The van der Waals surface area contributed by atoms with Gasteiger partial charge in [-0.1, -0.05) is 42.5 Å². The van der Waals surface area contributed by atoms with Crippen LogP contribution in [0.25, 0.3) is 0 Å². The van der Waals surface area contributed by atoms with Crippen molar-refractivity contribution in [3.63, 3.8) is 0 Å². The molecule has 8 heteroatoms. The van der Waals surface area contributed by atoms with Crippen molar-refractivity contribution in [3.05, 3.63) is 100 Å². The molecule has 0 aliphatic carbocycles. The third kappa shape index (κ3) is 5.49. The fraction of sp³-hybridized carbons (Fsp3) is 0.344. The summed E-state index contributed by atoms with van der Waals surface area (Å²) in [6.45, 7) is 3.50. The van der Waals surface area contributed by atoms with E-state index in [0.717, 1.165) is 43.6 Å². The topological polar surface area (TPSA) is 79.0 Å². The monoisotopic (exact) mass is 541 g/mol. The van der Waals surface area contributed by atoms with Crippen LogP contribution < -0.4 is 10.1 Å². The van der Waals surface area contributed by atoms with Gasteiger partial charge in [-0.05, 0) is 79.2 Å². The minimum Gasteiger partial charge on any atom is -0.489 e. The van der Waals surface area contributed by atoms with E-state index in [1.807, 2.05) is 30.3 Å². The Hall–Kier alpha value is -4.04. The number of amides is 3. The molecule has 0 aromatic heterocycles. The van der Waals surface area contributed by atoms with Crippen LogP contribution in [0.15, 0.2) is 66.7 Å². The highest BCUT2D eigenvalue weighted by Gasteiger charge is 2.40. The quantitative estimate of drug-likeness (QED) is 0.444. The van der Waals surface area contributed by atoms with E-state index >= 15 is 0 Å². The van der Waals surface area contributed by atoms with Gasteiger partial charge in [-0.3, -0.25) is 24.6 Å². The zero-order valence-electron chi connectivity index (χ0n) is 22.3. The van der Waals surface area contributed by atoms with E-state index in [1.54, 1.807) is 29.2 Å². The SMILES string of the molecule is O=C1CCC(N2Cc3c(OCc4cccc(CN5CCC(c6ccc(F)cc6)CC5)c4)cccc3C2=O)C(=O)N1. The molecular weight excluding hydrogens is 509 g/mol. The Morgan fingerprint density at radius 2 is 1.65 bits per heavy atom. The first kappa shape index (κ1) is 26.2. The zero-order valence-corrected chi connectivity index (χ0v) is 22.3. The van der Waals surface area contributed by atoms with Gasteiger partial charge in [0.2, 0.25) is 11.8 Å². The summed E-state index contributed by atoms with van der Waals surface area (Å²) in [5.41, 5.74) is 4.80. The lowest BCUT2D eigenvalue weighted by atomic mass is 9.89. The second-order valence-electron chi connectivity index (χ2n) is 10.9. The summed E-state index contributed by atoms with van der Waals surface area (Å²) >= 11 is 0. The minimum atomic E-state index is -0.650. The average Bonchev–Trinajstić information content (AvgIpc) is 3.29. The van der Waals surface area contributed by atoms with Gasteiger partial charge in [-0.2, -0.15) is 0 Å². The van der Waals surface area contributed by atoms with E-state index in [4.69, 9.17) is 4.74 Å². The maximum absolute atomic E-state index is 13.3. The lowest BCUT2D eigenvalue weighted by Gasteiger charge is -2.32. The second-order valence-corrected chi connectivity index (χ2v) is 10.9. The van der Waals surface area contributed by atoms with Crippen LogP contribution in [0.4, 0.5) is 4.39 Å². The third-order valence-electron chi connectivity index (χ3n) is 8.26. The van der Waals surface area contributed by atoms with Crippen molar-refractivity contribution in [3.8, 4) is 5.75 Å². The lowest BCUT2D eigenvalue weighted by molar-refractivity contribution is -0.136. The number of nitrogens with zero attached hydrogens (tertiary/aromatic N) is 2. The number of likely N-dealkylation sites (tertiary alicyclic amines) is 1. The number of ether oxygens (including phenoxy) is 1. The summed E-state index contributed by atoms with van der Waals surface area (Å²) in [6.07, 6.45) is 2.67. The second kappa shape index (κ2) is 11.2. The Morgan fingerprint density at radius 3 is 2.42 bits per heavy atom. The largest absolute Gasteiger partial charge is 0.489 e. The highest BCUT2D eigenvalue weighted by Crippen LogP contribution is 2.34. The van der Waals surface area contributed by atoms with Crippen molar-refractivity contribution in [2.75, 3.05) is 13.1 Å². The standard InChI is InChI=1S/C32H32FN3O4/c33-25-9-7-23(8-10-25)24-13-15-35(16-14-24)18-21-3-1-4-22(17-21)20-40-29-6-2-5-26-27(29)19-36(32(26)39)28-11-12-30(37)34-31(28)38/h1-10,17,24,28H,11-16,18-20H2,(H,34,37,38). The molecule has 6 rings (SSSR count). The number of hydrogen-bond donors (Lipinski definition) is 1. The number of imide groups is 1. The molecule has 3 aliphatic heterocycles. The van der Waals surface area contributed by atoms with Gasteiger partial charge in [-0.15, -0.1) is 0 Å². The molecule has 3 aliphatic rings. The van der Waals surface area contributed by atoms with Crippen LogP contribution in [0.5, 0.6) is 5.75 Å². The van der Waals surface area contributed by atoms with E-state index in [0.29, 0.717) is 30.3 Å². The summed E-state index contributed by atoms with van der Waals surface area (Å²) in [7, 11) is 0. The van der Waals surface area contributed by atoms with Gasteiger partial charge < -0.3 is 9.64 Å². The molecule has 206 valence electrons. The molecule has 0 bridgehead atoms. The summed E-state index contributed by atoms with van der Waals surface area (Å²) in [5.74, 6) is -0.0112. The first-order valence-electron chi connectivity index (χ1n) is 13.9. The molecule has 3 amide bonds. The molecule has 7 nitrogen and oxygen atoms in total. The van der Waals surface area contributed by atoms with Crippen LogP contribution in [-0.2, 0) is 29.3 Å². The van der Waals surface area contributed by atoms with Crippen molar-refractivity contribution in [2.45, 2.75) is 57.3 Å². The molecule has 2 saturated heterocycles. The molecule has 1 atom stereocenters.